The van der Waals surface area contributed by atoms with Crippen LogP contribution in [0.25, 0.3) is 0 Å². The van der Waals surface area contributed by atoms with E-state index in [0.29, 0.717) is 0 Å². The monoisotopic (exact) mass is 220 g/mol. The van der Waals surface area contributed by atoms with E-state index in [2.05, 4.69) is 28.4 Å². The Morgan fingerprint density at radius 1 is 1.31 bits per heavy atom. The zero-order valence-corrected chi connectivity index (χ0v) is 9.98. The zero-order chi connectivity index (χ0) is 11.5. The number of hydrogen-bond acceptors (Lipinski definition) is 3. The van der Waals surface area contributed by atoms with Crippen molar-refractivity contribution in [3.63, 3.8) is 0 Å². The molecule has 1 aromatic rings. The molecule has 0 spiro atoms. The Hall–Kier alpha value is -1.22. The van der Waals surface area contributed by atoms with Crippen molar-refractivity contribution >= 4 is 11.4 Å². The molecule has 3 nitrogen and oxygen atoms in total. The Balaban J connectivity index is 2.06. The molecule has 1 aromatic carbocycles. The first-order valence-corrected chi connectivity index (χ1v) is 5.89. The van der Waals surface area contributed by atoms with E-state index in [-0.39, 0.29) is 12.1 Å². The van der Waals surface area contributed by atoms with Crippen LogP contribution < -0.4 is 10.2 Å². The van der Waals surface area contributed by atoms with Crippen molar-refractivity contribution in [3.8, 4) is 0 Å². The molecule has 0 aromatic heterocycles. The molecule has 0 heterocycles. The predicted molar refractivity (Wildman–Crippen MR) is 68.0 cm³/mol. The van der Waals surface area contributed by atoms with E-state index in [4.69, 9.17) is 0 Å². The molecule has 1 aliphatic carbocycles. The average molecular weight is 220 g/mol. The van der Waals surface area contributed by atoms with Gasteiger partial charge in [0.05, 0.1) is 12.1 Å². The number of hydrogen-bond donors (Lipinski definition) is 2. The Morgan fingerprint density at radius 2 is 2.12 bits per heavy atom. The summed E-state index contributed by atoms with van der Waals surface area (Å²) in [5.74, 6) is 0. The molecule has 2 atom stereocenters. The maximum atomic E-state index is 9.76. The minimum absolute atomic E-state index is 0.192. The lowest BCUT2D eigenvalue weighted by atomic mass is 10.2. The maximum Gasteiger partial charge on any atom is 0.0741 e. The van der Waals surface area contributed by atoms with Gasteiger partial charge < -0.3 is 15.3 Å². The molecule has 16 heavy (non-hydrogen) atoms. The Morgan fingerprint density at radius 3 is 2.75 bits per heavy atom. The fourth-order valence-corrected chi connectivity index (χ4v) is 2.20. The fourth-order valence-electron chi connectivity index (χ4n) is 2.20. The second kappa shape index (κ2) is 4.74. The lowest BCUT2D eigenvalue weighted by Gasteiger charge is -2.19. The van der Waals surface area contributed by atoms with Crippen LogP contribution in [0, 0.1) is 0 Å². The van der Waals surface area contributed by atoms with Gasteiger partial charge in [-0.15, -0.1) is 0 Å². The molecule has 88 valence electrons. The number of nitrogens with one attached hydrogen (secondary N) is 1. The summed E-state index contributed by atoms with van der Waals surface area (Å²) in [6.07, 6.45) is 2.91. The third-order valence-corrected chi connectivity index (χ3v) is 3.19. The first-order chi connectivity index (χ1) is 7.66. The Kier molecular flexibility index (Phi) is 3.34. The third-order valence-electron chi connectivity index (χ3n) is 3.19. The van der Waals surface area contributed by atoms with Crippen LogP contribution in [-0.4, -0.2) is 31.3 Å². The second-order valence-electron chi connectivity index (χ2n) is 4.69. The quantitative estimate of drug-likeness (QED) is 0.818. The lowest BCUT2D eigenvalue weighted by Crippen LogP contribution is -2.27. The van der Waals surface area contributed by atoms with Gasteiger partial charge in [-0.05, 0) is 37.5 Å². The summed E-state index contributed by atoms with van der Waals surface area (Å²) in [6, 6.07) is 8.51. The average Bonchev–Trinajstić information content (AvgIpc) is 2.65. The number of aliphatic hydroxyl groups is 1. The van der Waals surface area contributed by atoms with E-state index in [0.717, 1.165) is 24.9 Å². The highest BCUT2D eigenvalue weighted by atomic mass is 16.3. The molecule has 0 unspecified atom stereocenters. The van der Waals surface area contributed by atoms with Gasteiger partial charge in [0.25, 0.3) is 0 Å². The van der Waals surface area contributed by atoms with E-state index in [1.54, 1.807) is 0 Å². The molecule has 2 rings (SSSR count). The minimum Gasteiger partial charge on any atom is -0.391 e. The summed E-state index contributed by atoms with van der Waals surface area (Å²) in [6.45, 7) is 0. The summed E-state index contributed by atoms with van der Waals surface area (Å²) in [7, 11) is 4.06. The van der Waals surface area contributed by atoms with Gasteiger partial charge in [-0.3, -0.25) is 0 Å². The first kappa shape index (κ1) is 11.3. The highest BCUT2D eigenvalue weighted by molar-refractivity contribution is 5.57. The van der Waals surface area contributed by atoms with Gasteiger partial charge >= 0.3 is 0 Å². The van der Waals surface area contributed by atoms with Gasteiger partial charge in [-0.2, -0.15) is 0 Å². The van der Waals surface area contributed by atoms with Crippen LogP contribution in [0.3, 0.4) is 0 Å². The SMILES string of the molecule is CN(C)c1cccc(N[C@@H]2CCC[C@H]2O)c1. The lowest BCUT2D eigenvalue weighted by molar-refractivity contribution is 0.172. The van der Waals surface area contributed by atoms with E-state index >= 15 is 0 Å². The van der Waals surface area contributed by atoms with Crippen molar-refractivity contribution in [3.05, 3.63) is 24.3 Å². The summed E-state index contributed by atoms with van der Waals surface area (Å²) in [4.78, 5) is 2.08. The Labute approximate surface area is 97.1 Å². The normalized spacial score (nSPS) is 24.4. The third kappa shape index (κ3) is 2.47. The van der Waals surface area contributed by atoms with Crippen molar-refractivity contribution < 1.29 is 5.11 Å². The minimum atomic E-state index is -0.192. The molecular formula is C13H20N2O. The Bertz CT molecular complexity index is 352. The predicted octanol–water partition coefficient (Wildman–Crippen LogP) is 2.08. The van der Waals surface area contributed by atoms with Crippen LogP contribution in [-0.2, 0) is 0 Å². The van der Waals surface area contributed by atoms with Crippen LogP contribution in [0.4, 0.5) is 11.4 Å². The van der Waals surface area contributed by atoms with Gasteiger partial charge in [-0.1, -0.05) is 6.07 Å². The summed E-state index contributed by atoms with van der Waals surface area (Å²) in [5, 5.41) is 13.2. The number of nitrogens with zero attached hydrogens (tertiary/aromatic N) is 1. The molecule has 2 N–H and O–H groups in total. The molecular weight excluding hydrogens is 200 g/mol. The molecule has 0 amide bonds. The largest absolute Gasteiger partial charge is 0.391 e. The van der Waals surface area contributed by atoms with Gasteiger partial charge in [-0.25, -0.2) is 0 Å². The van der Waals surface area contributed by atoms with E-state index in [9.17, 15) is 5.11 Å². The summed E-state index contributed by atoms with van der Waals surface area (Å²) >= 11 is 0. The van der Waals surface area contributed by atoms with Crippen molar-refractivity contribution in [1.82, 2.24) is 0 Å². The standard InChI is InChI=1S/C13H20N2O/c1-15(2)11-6-3-5-10(9-11)14-12-7-4-8-13(12)16/h3,5-6,9,12-14,16H,4,7-8H2,1-2H3/t12-,13-/m1/s1. The highest BCUT2D eigenvalue weighted by Crippen LogP contribution is 2.24. The van der Waals surface area contributed by atoms with Crippen LogP contribution in [0.15, 0.2) is 24.3 Å². The van der Waals surface area contributed by atoms with Gasteiger partial charge in [0.15, 0.2) is 0 Å². The number of benzene rings is 1. The molecule has 0 saturated heterocycles. The zero-order valence-electron chi connectivity index (χ0n) is 9.98. The van der Waals surface area contributed by atoms with Crippen molar-refractivity contribution in [1.29, 1.82) is 0 Å². The topological polar surface area (TPSA) is 35.5 Å². The van der Waals surface area contributed by atoms with Crippen LogP contribution >= 0.6 is 0 Å². The maximum absolute atomic E-state index is 9.76. The molecule has 0 bridgehead atoms. The van der Waals surface area contributed by atoms with Crippen molar-refractivity contribution in [2.24, 2.45) is 0 Å². The van der Waals surface area contributed by atoms with Crippen LogP contribution in [0.5, 0.6) is 0 Å². The number of anilines is 2. The summed E-state index contributed by atoms with van der Waals surface area (Å²) in [5.41, 5.74) is 2.27. The number of rotatable bonds is 3. The molecule has 1 saturated carbocycles. The molecule has 0 aliphatic heterocycles. The van der Waals surface area contributed by atoms with Gasteiger partial charge in [0.2, 0.25) is 0 Å². The molecule has 1 fully saturated rings. The van der Waals surface area contributed by atoms with Crippen molar-refractivity contribution in [2.45, 2.75) is 31.4 Å². The molecule has 1 aliphatic rings. The van der Waals surface area contributed by atoms with E-state index < -0.39 is 0 Å². The molecule has 3 heteroatoms. The fraction of sp³-hybridized carbons (Fsp3) is 0.538. The van der Waals surface area contributed by atoms with Crippen LogP contribution in [0.1, 0.15) is 19.3 Å². The highest BCUT2D eigenvalue weighted by Gasteiger charge is 2.24. The summed E-state index contributed by atoms with van der Waals surface area (Å²) < 4.78 is 0. The van der Waals surface area contributed by atoms with Gasteiger partial charge in [0.1, 0.15) is 0 Å². The molecule has 0 radical (unpaired) electrons. The van der Waals surface area contributed by atoms with E-state index in [1.165, 1.54) is 5.69 Å². The van der Waals surface area contributed by atoms with Gasteiger partial charge in [0, 0.05) is 25.5 Å². The second-order valence-corrected chi connectivity index (χ2v) is 4.69. The van der Waals surface area contributed by atoms with E-state index in [1.807, 2.05) is 20.2 Å². The van der Waals surface area contributed by atoms with Crippen LogP contribution in [0.2, 0.25) is 0 Å². The number of aliphatic hydroxyl groups excluding tert-OH is 1. The first-order valence-electron chi connectivity index (χ1n) is 5.89. The smallest absolute Gasteiger partial charge is 0.0741 e. The van der Waals surface area contributed by atoms with Crippen molar-refractivity contribution in [2.75, 3.05) is 24.3 Å².